The highest BCUT2D eigenvalue weighted by Crippen LogP contribution is 2.27. The molecule has 0 spiro atoms. The summed E-state index contributed by atoms with van der Waals surface area (Å²) in [4.78, 5) is 13.5. The molecule has 2 aromatic rings. The first-order valence-corrected chi connectivity index (χ1v) is 10.7. The third-order valence-corrected chi connectivity index (χ3v) is 6.31. The van der Waals surface area contributed by atoms with Crippen molar-refractivity contribution >= 4 is 27.7 Å². The van der Waals surface area contributed by atoms with Crippen LogP contribution >= 0.6 is 11.8 Å². The molecule has 0 aliphatic carbocycles. The third-order valence-electron chi connectivity index (χ3n) is 4.04. The predicted octanol–water partition coefficient (Wildman–Crippen LogP) is 3.23. The molecule has 1 atom stereocenters. The van der Waals surface area contributed by atoms with Crippen LogP contribution in [0.2, 0.25) is 0 Å². The van der Waals surface area contributed by atoms with Gasteiger partial charge in [-0.05, 0) is 56.5 Å². The Hall–Kier alpha value is -1.83. The number of primary sulfonamides is 1. The van der Waals surface area contributed by atoms with Gasteiger partial charge in [0.2, 0.25) is 15.9 Å². The Labute approximate surface area is 159 Å². The van der Waals surface area contributed by atoms with Crippen LogP contribution in [0.3, 0.4) is 0 Å². The van der Waals surface area contributed by atoms with Crippen molar-refractivity contribution in [3.8, 4) is 0 Å². The number of nitrogens with two attached hydrogens (primary N) is 1. The van der Waals surface area contributed by atoms with Gasteiger partial charge in [-0.2, -0.15) is 0 Å². The van der Waals surface area contributed by atoms with Crippen molar-refractivity contribution in [1.29, 1.82) is 0 Å². The van der Waals surface area contributed by atoms with Gasteiger partial charge < -0.3 is 5.32 Å². The number of thioether (sulfide) groups is 1. The first-order valence-electron chi connectivity index (χ1n) is 8.20. The Morgan fingerprint density at radius 3 is 2.15 bits per heavy atom. The average molecular weight is 393 g/mol. The molecule has 7 heteroatoms. The zero-order valence-corrected chi connectivity index (χ0v) is 17.0. The molecule has 1 amide bonds. The Morgan fingerprint density at radius 1 is 1.12 bits per heavy atom. The Balaban J connectivity index is 1.97. The lowest BCUT2D eigenvalue weighted by Crippen LogP contribution is -2.28. The number of carbonyl (C=O) groups is 1. The number of benzene rings is 2. The van der Waals surface area contributed by atoms with Gasteiger partial charge in [0.15, 0.2) is 0 Å². The molecule has 26 heavy (non-hydrogen) atoms. The molecule has 0 saturated heterocycles. The quantitative estimate of drug-likeness (QED) is 0.739. The van der Waals surface area contributed by atoms with E-state index in [1.165, 1.54) is 40.6 Å². The van der Waals surface area contributed by atoms with E-state index < -0.39 is 10.0 Å². The zero-order chi connectivity index (χ0) is 19.5. The van der Waals surface area contributed by atoms with E-state index in [1.807, 2.05) is 6.92 Å². The first kappa shape index (κ1) is 20.5. The summed E-state index contributed by atoms with van der Waals surface area (Å²) >= 11 is 1.53. The Morgan fingerprint density at radius 2 is 1.65 bits per heavy atom. The zero-order valence-electron chi connectivity index (χ0n) is 15.4. The topological polar surface area (TPSA) is 89.3 Å². The number of aryl methyl sites for hydroxylation is 3. The lowest BCUT2D eigenvalue weighted by Gasteiger charge is -2.15. The van der Waals surface area contributed by atoms with Crippen LogP contribution in [0.1, 0.15) is 35.2 Å². The lowest BCUT2D eigenvalue weighted by molar-refractivity contribution is -0.119. The van der Waals surface area contributed by atoms with E-state index in [4.69, 9.17) is 5.14 Å². The molecule has 2 aromatic carbocycles. The fourth-order valence-corrected chi connectivity index (χ4v) is 4.29. The van der Waals surface area contributed by atoms with Crippen molar-refractivity contribution in [2.45, 2.75) is 43.5 Å². The summed E-state index contributed by atoms with van der Waals surface area (Å²) in [5, 5.41) is 8.03. The van der Waals surface area contributed by atoms with E-state index in [0.29, 0.717) is 5.75 Å². The minimum absolute atomic E-state index is 0.0562. The van der Waals surface area contributed by atoms with Gasteiger partial charge >= 0.3 is 0 Å². The highest BCUT2D eigenvalue weighted by Gasteiger charge is 2.13. The molecule has 2 rings (SSSR count). The minimum Gasteiger partial charge on any atom is -0.349 e. The predicted molar refractivity (Wildman–Crippen MR) is 106 cm³/mol. The second-order valence-corrected chi connectivity index (χ2v) is 8.97. The molecule has 0 aliphatic heterocycles. The Bertz CT molecular complexity index is 884. The summed E-state index contributed by atoms with van der Waals surface area (Å²) in [5.41, 5.74) is 4.38. The molecule has 0 heterocycles. The van der Waals surface area contributed by atoms with Gasteiger partial charge in [0, 0.05) is 4.90 Å². The molecule has 0 bridgehead atoms. The molecule has 0 radical (unpaired) electrons. The normalized spacial score (nSPS) is 12.7. The second kappa shape index (κ2) is 8.24. The molecule has 0 unspecified atom stereocenters. The maximum Gasteiger partial charge on any atom is 0.238 e. The van der Waals surface area contributed by atoms with Crippen LogP contribution in [0.25, 0.3) is 0 Å². The molecule has 5 nitrogen and oxygen atoms in total. The van der Waals surface area contributed by atoms with E-state index in [9.17, 15) is 13.2 Å². The van der Waals surface area contributed by atoms with Crippen molar-refractivity contribution in [3.63, 3.8) is 0 Å². The smallest absolute Gasteiger partial charge is 0.238 e. The van der Waals surface area contributed by atoms with Crippen molar-refractivity contribution in [2.75, 3.05) is 5.75 Å². The Kier molecular flexibility index (Phi) is 6.49. The fraction of sp³-hybridized carbons (Fsp3) is 0.316. The summed E-state index contributed by atoms with van der Waals surface area (Å²) in [7, 11) is -3.71. The van der Waals surface area contributed by atoms with Gasteiger partial charge in [-0.1, -0.05) is 29.8 Å². The molecule has 0 aliphatic rings. The molecular formula is C19H24N2O3S2. The highest BCUT2D eigenvalue weighted by molar-refractivity contribution is 8.00. The number of amides is 1. The van der Waals surface area contributed by atoms with E-state index in [-0.39, 0.29) is 16.8 Å². The molecule has 0 aromatic heterocycles. The van der Waals surface area contributed by atoms with Crippen LogP contribution in [0.5, 0.6) is 0 Å². The molecule has 3 N–H and O–H groups in total. The number of rotatable bonds is 6. The van der Waals surface area contributed by atoms with Crippen LogP contribution in [-0.4, -0.2) is 20.1 Å². The molecule has 140 valence electrons. The van der Waals surface area contributed by atoms with Gasteiger partial charge in [-0.25, -0.2) is 13.6 Å². The maximum atomic E-state index is 12.3. The van der Waals surface area contributed by atoms with Crippen molar-refractivity contribution in [2.24, 2.45) is 5.14 Å². The second-order valence-electron chi connectivity index (χ2n) is 6.42. The largest absolute Gasteiger partial charge is 0.349 e. The molecule has 0 fully saturated rings. The molecular weight excluding hydrogens is 368 g/mol. The van der Waals surface area contributed by atoms with Crippen LogP contribution in [0, 0.1) is 20.8 Å². The standard InChI is InChI=1S/C19H24N2O3S2/c1-12-9-13(2)19(14(3)10-12)25-11-18(22)21-15(4)16-5-7-17(8-6-16)26(20,23)24/h5-10,15H,11H2,1-4H3,(H,21,22)(H2,20,23,24)/t15-/m1/s1. The number of hydrogen-bond donors (Lipinski definition) is 2. The SMILES string of the molecule is Cc1cc(C)c(SCC(=O)N[C@H](C)c2ccc(S(N)(=O)=O)cc2)c(C)c1. The van der Waals surface area contributed by atoms with Crippen LogP contribution < -0.4 is 10.5 Å². The van der Waals surface area contributed by atoms with Crippen molar-refractivity contribution in [3.05, 3.63) is 58.7 Å². The van der Waals surface area contributed by atoms with E-state index in [1.54, 1.807) is 12.1 Å². The summed E-state index contributed by atoms with van der Waals surface area (Å²) in [6.07, 6.45) is 0. The highest BCUT2D eigenvalue weighted by atomic mass is 32.2. The summed E-state index contributed by atoms with van der Waals surface area (Å²) in [5.74, 6) is 0.252. The van der Waals surface area contributed by atoms with E-state index in [0.717, 1.165) is 10.5 Å². The van der Waals surface area contributed by atoms with Crippen LogP contribution in [-0.2, 0) is 14.8 Å². The van der Waals surface area contributed by atoms with Gasteiger partial charge in [0.25, 0.3) is 0 Å². The first-order chi connectivity index (χ1) is 12.1. The third kappa shape index (κ3) is 5.33. The lowest BCUT2D eigenvalue weighted by atomic mass is 10.1. The maximum absolute atomic E-state index is 12.3. The molecule has 0 saturated carbocycles. The fourth-order valence-electron chi connectivity index (χ4n) is 2.84. The van der Waals surface area contributed by atoms with Crippen LogP contribution in [0.15, 0.2) is 46.2 Å². The summed E-state index contributed by atoms with van der Waals surface area (Å²) < 4.78 is 22.6. The monoisotopic (exact) mass is 392 g/mol. The van der Waals surface area contributed by atoms with Gasteiger partial charge in [0.1, 0.15) is 0 Å². The van der Waals surface area contributed by atoms with Crippen molar-refractivity contribution in [1.82, 2.24) is 5.32 Å². The van der Waals surface area contributed by atoms with Crippen molar-refractivity contribution < 1.29 is 13.2 Å². The van der Waals surface area contributed by atoms with Crippen LogP contribution in [0.4, 0.5) is 0 Å². The van der Waals surface area contributed by atoms with Gasteiger partial charge in [-0.3, -0.25) is 4.79 Å². The number of sulfonamides is 1. The van der Waals surface area contributed by atoms with Gasteiger partial charge in [0.05, 0.1) is 16.7 Å². The van der Waals surface area contributed by atoms with E-state index in [2.05, 4.69) is 38.2 Å². The average Bonchev–Trinajstić information content (AvgIpc) is 2.53. The summed E-state index contributed by atoms with van der Waals surface area (Å²) in [6.45, 7) is 8.02. The number of nitrogens with one attached hydrogen (secondary N) is 1. The minimum atomic E-state index is -3.71. The van der Waals surface area contributed by atoms with Gasteiger partial charge in [-0.15, -0.1) is 11.8 Å². The number of carbonyl (C=O) groups excluding carboxylic acids is 1. The van der Waals surface area contributed by atoms with E-state index >= 15 is 0 Å². The summed E-state index contributed by atoms with van der Waals surface area (Å²) in [6, 6.07) is 10.2. The number of hydrogen-bond acceptors (Lipinski definition) is 4.